The van der Waals surface area contributed by atoms with Crippen LogP contribution in [0.3, 0.4) is 0 Å². The number of hydrogen-bond donors (Lipinski definition) is 1. The van der Waals surface area contributed by atoms with E-state index in [2.05, 4.69) is 19.9 Å². The number of carbonyl (C=O) groups is 1. The minimum atomic E-state index is -0.00349. The summed E-state index contributed by atoms with van der Waals surface area (Å²) < 4.78 is 1.83. The van der Waals surface area contributed by atoms with Crippen molar-refractivity contribution in [2.75, 3.05) is 36.8 Å². The molecule has 4 aromatic heterocycles. The molecule has 0 radical (unpaired) electrons. The fraction of sp³-hybridized carbons (Fsp3) is 0.222. The van der Waals surface area contributed by atoms with Crippen molar-refractivity contribution in [2.24, 2.45) is 0 Å². The van der Waals surface area contributed by atoms with Gasteiger partial charge < -0.3 is 15.5 Å². The van der Waals surface area contributed by atoms with Crippen LogP contribution in [-0.2, 0) is 0 Å². The number of nitrogens with two attached hydrogens (primary N) is 1. The zero-order valence-electron chi connectivity index (χ0n) is 14.4. The van der Waals surface area contributed by atoms with Crippen LogP contribution in [-0.4, -0.2) is 56.3 Å². The first-order valence-electron chi connectivity index (χ1n) is 8.68. The number of fused-ring (bicyclic) bond motifs is 2. The van der Waals surface area contributed by atoms with Crippen molar-refractivity contribution >= 4 is 44.9 Å². The second kappa shape index (κ2) is 6.20. The molecule has 0 spiro atoms. The van der Waals surface area contributed by atoms with E-state index >= 15 is 0 Å². The quantitative estimate of drug-likeness (QED) is 0.572. The van der Waals surface area contributed by atoms with Crippen LogP contribution in [0.4, 0.5) is 11.8 Å². The molecule has 4 aromatic rings. The molecule has 1 amide bonds. The first-order chi connectivity index (χ1) is 13.2. The van der Waals surface area contributed by atoms with E-state index in [0.717, 1.165) is 21.7 Å². The summed E-state index contributed by atoms with van der Waals surface area (Å²) in [5.74, 6) is 1.13. The molecular weight excluding hydrogens is 362 g/mol. The van der Waals surface area contributed by atoms with Gasteiger partial charge in [0.15, 0.2) is 0 Å². The van der Waals surface area contributed by atoms with Gasteiger partial charge in [-0.2, -0.15) is 4.98 Å². The molecule has 0 unspecified atom stereocenters. The average Bonchev–Trinajstić information content (AvgIpc) is 3.33. The highest BCUT2D eigenvalue weighted by molar-refractivity contribution is 7.16. The Morgan fingerprint density at radius 2 is 1.96 bits per heavy atom. The molecule has 1 saturated heterocycles. The monoisotopic (exact) mass is 379 g/mol. The van der Waals surface area contributed by atoms with E-state index < -0.39 is 0 Å². The predicted octanol–water partition coefficient (Wildman–Crippen LogP) is 1.88. The highest BCUT2D eigenvalue weighted by Gasteiger charge is 2.26. The van der Waals surface area contributed by atoms with E-state index in [0.29, 0.717) is 31.9 Å². The van der Waals surface area contributed by atoms with Crippen molar-refractivity contribution in [1.29, 1.82) is 0 Å². The molecule has 0 aliphatic carbocycles. The Labute approximate surface area is 158 Å². The smallest absolute Gasteiger partial charge is 0.272 e. The molecule has 0 saturated carbocycles. The van der Waals surface area contributed by atoms with Gasteiger partial charge in [0.1, 0.15) is 22.0 Å². The summed E-state index contributed by atoms with van der Waals surface area (Å²) in [7, 11) is 0. The number of nitrogen functional groups attached to an aromatic ring is 1. The van der Waals surface area contributed by atoms with Crippen molar-refractivity contribution < 1.29 is 4.79 Å². The predicted molar refractivity (Wildman–Crippen MR) is 105 cm³/mol. The summed E-state index contributed by atoms with van der Waals surface area (Å²) in [4.78, 5) is 30.9. The molecule has 5 rings (SSSR count). The first kappa shape index (κ1) is 16.0. The number of piperazine rings is 1. The van der Waals surface area contributed by atoms with E-state index in [1.165, 1.54) is 0 Å². The zero-order chi connectivity index (χ0) is 18.4. The van der Waals surface area contributed by atoms with E-state index in [9.17, 15) is 4.79 Å². The van der Waals surface area contributed by atoms with Crippen molar-refractivity contribution in [3.63, 3.8) is 0 Å². The Kier molecular flexibility index (Phi) is 3.68. The van der Waals surface area contributed by atoms with Gasteiger partial charge >= 0.3 is 0 Å². The van der Waals surface area contributed by atoms with Gasteiger partial charge in [0.2, 0.25) is 5.95 Å². The highest BCUT2D eigenvalue weighted by atomic mass is 32.1. The lowest BCUT2D eigenvalue weighted by molar-refractivity contribution is 0.0739. The number of aromatic nitrogens is 4. The standard InChI is InChI=1S/C18H17N7OS/c19-18-21-15(12-4-10-27-16(12)22-18)23-6-8-24(9-7-23)17(26)13-11-20-14-3-1-2-5-25(13)14/h1-5,10-11H,6-9H2,(H2,19,21,22). The number of imidazole rings is 1. The van der Waals surface area contributed by atoms with Crippen LogP contribution in [0.1, 0.15) is 10.5 Å². The van der Waals surface area contributed by atoms with Crippen molar-refractivity contribution in [1.82, 2.24) is 24.3 Å². The summed E-state index contributed by atoms with van der Waals surface area (Å²) >= 11 is 1.55. The summed E-state index contributed by atoms with van der Waals surface area (Å²) in [6.07, 6.45) is 3.51. The molecule has 1 aliphatic rings. The number of amides is 1. The normalized spacial score (nSPS) is 15.0. The maximum absolute atomic E-state index is 12.9. The first-order valence-corrected chi connectivity index (χ1v) is 9.56. The topological polar surface area (TPSA) is 92.6 Å². The van der Waals surface area contributed by atoms with Crippen molar-refractivity contribution in [3.8, 4) is 0 Å². The van der Waals surface area contributed by atoms with E-state index in [1.807, 2.05) is 45.1 Å². The summed E-state index contributed by atoms with van der Waals surface area (Å²) in [6.45, 7) is 2.64. The second-order valence-electron chi connectivity index (χ2n) is 6.40. The van der Waals surface area contributed by atoms with Crippen LogP contribution < -0.4 is 10.6 Å². The molecule has 136 valence electrons. The largest absolute Gasteiger partial charge is 0.368 e. The van der Waals surface area contributed by atoms with Gasteiger partial charge in [0, 0.05) is 32.4 Å². The van der Waals surface area contributed by atoms with Gasteiger partial charge in [-0.05, 0) is 23.6 Å². The third kappa shape index (κ3) is 2.67. The lowest BCUT2D eigenvalue weighted by Crippen LogP contribution is -2.49. The maximum Gasteiger partial charge on any atom is 0.272 e. The Morgan fingerprint density at radius 3 is 2.81 bits per heavy atom. The molecule has 0 bridgehead atoms. The Hall–Kier alpha value is -3.20. The Morgan fingerprint density at radius 1 is 1.11 bits per heavy atom. The fourth-order valence-electron chi connectivity index (χ4n) is 3.47. The van der Waals surface area contributed by atoms with E-state index in [1.54, 1.807) is 17.5 Å². The maximum atomic E-state index is 12.9. The van der Waals surface area contributed by atoms with Gasteiger partial charge in [0.05, 0.1) is 11.6 Å². The van der Waals surface area contributed by atoms with Crippen LogP contribution in [0.15, 0.2) is 42.0 Å². The number of thiophene rings is 1. The molecule has 0 atom stereocenters. The molecule has 9 heteroatoms. The SMILES string of the molecule is Nc1nc(N2CCN(C(=O)c3cnc4ccccn34)CC2)c2ccsc2n1. The minimum absolute atomic E-state index is 0.00349. The average molecular weight is 379 g/mol. The van der Waals surface area contributed by atoms with Gasteiger partial charge in [-0.25, -0.2) is 9.97 Å². The Bertz CT molecular complexity index is 1140. The molecular formula is C18H17N7OS. The van der Waals surface area contributed by atoms with Gasteiger partial charge in [-0.1, -0.05) is 6.07 Å². The number of rotatable bonds is 2. The summed E-state index contributed by atoms with van der Waals surface area (Å²) in [5.41, 5.74) is 7.23. The zero-order valence-corrected chi connectivity index (χ0v) is 15.3. The van der Waals surface area contributed by atoms with Crippen LogP contribution >= 0.6 is 11.3 Å². The number of pyridine rings is 1. The van der Waals surface area contributed by atoms with E-state index in [-0.39, 0.29) is 11.9 Å². The second-order valence-corrected chi connectivity index (χ2v) is 7.29. The van der Waals surface area contributed by atoms with Crippen molar-refractivity contribution in [3.05, 3.63) is 47.7 Å². The van der Waals surface area contributed by atoms with Gasteiger partial charge in [-0.3, -0.25) is 9.20 Å². The number of carbonyl (C=O) groups excluding carboxylic acids is 1. The fourth-order valence-corrected chi connectivity index (χ4v) is 4.24. The van der Waals surface area contributed by atoms with E-state index in [4.69, 9.17) is 5.73 Å². The number of anilines is 2. The molecule has 0 aromatic carbocycles. The summed E-state index contributed by atoms with van der Waals surface area (Å²) in [6, 6.07) is 7.72. The molecule has 2 N–H and O–H groups in total. The van der Waals surface area contributed by atoms with Crippen molar-refractivity contribution in [2.45, 2.75) is 0 Å². The molecule has 8 nitrogen and oxygen atoms in total. The molecule has 1 aliphatic heterocycles. The minimum Gasteiger partial charge on any atom is -0.368 e. The Balaban J connectivity index is 1.37. The number of hydrogen-bond acceptors (Lipinski definition) is 7. The van der Waals surface area contributed by atoms with Crippen LogP contribution in [0, 0.1) is 0 Å². The lowest BCUT2D eigenvalue weighted by Gasteiger charge is -2.35. The number of nitrogens with zero attached hydrogens (tertiary/aromatic N) is 6. The van der Waals surface area contributed by atoms with Gasteiger partial charge in [0.25, 0.3) is 5.91 Å². The van der Waals surface area contributed by atoms with Crippen LogP contribution in [0.25, 0.3) is 15.9 Å². The van der Waals surface area contributed by atoms with Crippen LogP contribution in [0.5, 0.6) is 0 Å². The summed E-state index contributed by atoms with van der Waals surface area (Å²) in [5, 5.41) is 3.00. The molecule has 1 fully saturated rings. The third-order valence-corrected chi connectivity index (χ3v) is 5.63. The van der Waals surface area contributed by atoms with Gasteiger partial charge in [-0.15, -0.1) is 11.3 Å². The molecule has 5 heterocycles. The third-order valence-electron chi connectivity index (χ3n) is 4.82. The van der Waals surface area contributed by atoms with Crippen LogP contribution in [0.2, 0.25) is 0 Å². The highest BCUT2D eigenvalue weighted by Crippen LogP contribution is 2.29. The molecule has 27 heavy (non-hydrogen) atoms. The lowest BCUT2D eigenvalue weighted by atomic mass is 10.2.